The average molecular weight is 359 g/mol. The van der Waals surface area contributed by atoms with Gasteiger partial charge >= 0.3 is 5.97 Å². The van der Waals surface area contributed by atoms with E-state index in [1.165, 1.54) is 0 Å². The number of carboxylic acids is 1. The summed E-state index contributed by atoms with van der Waals surface area (Å²) >= 11 is 0. The first-order valence-corrected chi connectivity index (χ1v) is 8.87. The maximum Gasteiger partial charge on any atom is 0.335 e. The summed E-state index contributed by atoms with van der Waals surface area (Å²) in [6.45, 7) is 1.96. The summed E-state index contributed by atoms with van der Waals surface area (Å²) in [4.78, 5) is 26.8. The molecule has 4 nitrogen and oxygen atoms in total. The van der Waals surface area contributed by atoms with Gasteiger partial charge in [0.1, 0.15) is 6.29 Å². The maximum atomic E-state index is 11.5. The minimum Gasteiger partial charge on any atom is -0.478 e. The van der Waals surface area contributed by atoms with Gasteiger partial charge in [-0.2, -0.15) is 0 Å². The third-order valence-electron chi connectivity index (χ3n) is 4.74. The molecule has 1 heterocycles. The summed E-state index contributed by atoms with van der Waals surface area (Å²) in [5.41, 5.74) is 5.11. The third-order valence-corrected chi connectivity index (χ3v) is 4.74. The van der Waals surface area contributed by atoms with Gasteiger partial charge in [-0.25, -0.2) is 4.79 Å². The Kier molecular flexibility index (Phi) is 5.77. The van der Waals surface area contributed by atoms with E-state index >= 15 is 0 Å². The lowest BCUT2D eigenvalue weighted by molar-refractivity contribution is 0.0696. The molecule has 1 atom stereocenters. The molecule has 0 spiro atoms. The highest BCUT2D eigenvalue weighted by atomic mass is 16.4. The summed E-state index contributed by atoms with van der Waals surface area (Å²) in [5, 5.41) is 9.04. The summed E-state index contributed by atoms with van der Waals surface area (Å²) in [6.07, 6.45) is 4.28. The van der Waals surface area contributed by atoms with Crippen LogP contribution in [0.5, 0.6) is 0 Å². The number of carbonyl (C=O) groups excluding carboxylic acids is 1. The van der Waals surface area contributed by atoms with Gasteiger partial charge in [-0.1, -0.05) is 36.4 Å². The van der Waals surface area contributed by atoms with E-state index in [0.717, 1.165) is 41.5 Å². The van der Waals surface area contributed by atoms with Crippen molar-refractivity contribution in [1.29, 1.82) is 0 Å². The van der Waals surface area contributed by atoms with E-state index in [1.54, 1.807) is 18.3 Å². The number of aldehydes is 1. The molecule has 4 heteroatoms. The molecule has 0 bridgehead atoms. The molecule has 0 amide bonds. The zero-order valence-electron chi connectivity index (χ0n) is 15.1. The number of aryl methyl sites for hydroxylation is 2. The number of aromatic nitrogens is 1. The lowest BCUT2D eigenvalue weighted by Crippen LogP contribution is -2.07. The molecule has 3 aromatic rings. The molecule has 0 radical (unpaired) electrons. The van der Waals surface area contributed by atoms with Gasteiger partial charge in [-0.15, -0.1) is 0 Å². The molecular weight excluding hydrogens is 338 g/mol. The minimum atomic E-state index is -0.924. The van der Waals surface area contributed by atoms with Crippen molar-refractivity contribution in [1.82, 2.24) is 4.98 Å². The van der Waals surface area contributed by atoms with Gasteiger partial charge in [0.15, 0.2) is 0 Å². The molecule has 27 heavy (non-hydrogen) atoms. The monoisotopic (exact) mass is 359 g/mol. The van der Waals surface area contributed by atoms with Gasteiger partial charge < -0.3 is 5.11 Å². The highest BCUT2D eigenvalue weighted by molar-refractivity contribution is 5.87. The first-order valence-electron chi connectivity index (χ1n) is 8.87. The fraction of sp³-hybridized carbons (Fsp3) is 0.174. The Balaban J connectivity index is 1.90. The predicted molar refractivity (Wildman–Crippen MR) is 104 cm³/mol. The number of hydrogen-bond acceptors (Lipinski definition) is 3. The lowest BCUT2D eigenvalue weighted by Gasteiger charge is -2.20. The van der Waals surface area contributed by atoms with Crippen LogP contribution in [0.4, 0.5) is 0 Å². The Morgan fingerprint density at radius 2 is 1.85 bits per heavy atom. The van der Waals surface area contributed by atoms with Crippen LogP contribution in [0, 0.1) is 6.92 Å². The predicted octanol–water partition coefficient (Wildman–Crippen LogP) is 4.67. The topological polar surface area (TPSA) is 67.3 Å². The van der Waals surface area contributed by atoms with E-state index in [4.69, 9.17) is 5.11 Å². The number of carbonyl (C=O) groups is 2. The number of aromatic carboxylic acids is 1. The molecule has 2 aromatic carbocycles. The molecule has 1 aromatic heterocycles. The molecule has 0 aliphatic rings. The van der Waals surface area contributed by atoms with Crippen molar-refractivity contribution in [3.63, 3.8) is 0 Å². The molecule has 0 aliphatic heterocycles. The Hall–Kier alpha value is -3.27. The Labute approximate surface area is 158 Å². The van der Waals surface area contributed by atoms with E-state index in [0.29, 0.717) is 5.56 Å². The van der Waals surface area contributed by atoms with Crippen LogP contribution < -0.4 is 0 Å². The molecule has 0 aliphatic carbocycles. The van der Waals surface area contributed by atoms with Crippen LogP contribution in [0.25, 0.3) is 0 Å². The van der Waals surface area contributed by atoms with Crippen molar-refractivity contribution >= 4 is 12.3 Å². The fourth-order valence-corrected chi connectivity index (χ4v) is 3.35. The van der Waals surface area contributed by atoms with Crippen molar-refractivity contribution in [3.8, 4) is 0 Å². The molecule has 1 N–H and O–H groups in total. The fourth-order valence-electron chi connectivity index (χ4n) is 3.35. The van der Waals surface area contributed by atoms with E-state index < -0.39 is 5.97 Å². The van der Waals surface area contributed by atoms with Gasteiger partial charge in [0.2, 0.25) is 0 Å². The molecule has 0 saturated heterocycles. The van der Waals surface area contributed by atoms with Gasteiger partial charge in [-0.05, 0) is 60.7 Å². The van der Waals surface area contributed by atoms with Gasteiger partial charge in [-0.3, -0.25) is 9.78 Å². The second kappa shape index (κ2) is 8.41. The number of pyridine rings is 1. The number of nitrogens with zero attached hydrogens (tertiary/aromatic N) is 1. The molecule has 3 rings (SSSR count). The zero-order chi connectivity index (χ0) is 19.2. The minimum absolute atomic E-state index is 0.0623. The van der Waals surface area contributed by atoms with Crippen LogP contribution in [0.1, 0.15) is 55.4 Å². The van der Waals surface area contributed by atoms with Crippen molar-refractivity contribution in [2.45, 2.75) is 25.7 Å². The maximum absolute atomic E-state index is 11.5. The Morgan fingerprint density at radius 3 is 2.52 bits per heavy atom. The van der Waals surface area contributed by atoms with Crippen LogP contribution in [0.2, 0.25) is 0 Å². The molecule has 136 valence electrons. The van der Waals surface area contributed by atoms with Crippen LogP contribution in [-0.2, 0) is 6.42 Å². The van der Waals surface area contributed by atoms with E-state index in [-0.39, 0.29) is 11.5 Å². The largest absolute Gasteiger partial charge is 0.478 e. The zero-order valence-corrected chi connectivity index (χ0v) is 15.1. The Bertz CT molecular complexity index is 948. The van der Waals surface area contributed by atoms with E-state index in [2.05, 4.69) is 11.1 Å². The van der Waals surface area contributed by atoms with Crippen molar-refractivity contribution < 1.29 is 14.7 Å². The SMILES string of the molecule is Cc1cc([C@@H](CCc2ccc(C(=O)O)cc2)c2ccccc2C=O)ccn1. The van der Waals surface area contributed by atoms with Crippen LogP contribution in [0.15, 0.2) is 66.9 Å². The molecule has 0 saturated carbocycles. The lowest BCUT2D eigenvalue weighted by atomic mass is 9.84. The first-order chi connectivity index (χ1) is 13.1. The van der Waals surface area contributed by atoms with E-state index in [1.807, 2.05) is 49.4 Å². The first kappa shape index (κ1) is 18.5. The second-order valence-electron chi connectivity index (χ2n) is 6.57. The average Bonchev–Trinajstić information content (AvgIpc) is 2.69. The van der Waals surface area contributed by atoms with Crippen LogP contribution in [0.3, 0.4) is 0 Å². The van der Waals surface area contributed by atoms with E-state index in [9.17, 15) is 9.59 Å². The van der Waals surface area contributed by atoms with Crippen molar-refractivity contribution in [3.05, 3.63) is 100 Å². The van der Waals surface area contributed by atoms with Crippen molar-refractivity contribution in [2.24, 2.45) is 0 Å². The van der Waals surface area contributed by atoms with Crippen LogP contribution >= 0.6 is 0 Å². The molecular formula is C23H21NO3. The summed E-state index contributed by atoms with van der Waals surface area (Å²) < 4.78 is 0. The van der Waals surface area contributed by atoms with Gasteiger partial charge in [0.05, 0.1) is 5.56 Å². The normalized spacial score (nSPS) is 11.7. The quantitative estimate of drug-likeness (QED) is 0.623. The Morgan fingerprint density at radius 1 is 1.11 bits per heavy atom. The van der Waals surface area contributed by atoms with Crippen LogP contribution in [-0.4, -0.2) is 22.3 Å². The summed E-state index contributed by atoms with van der Waals surface area (Å²) in [6, 6.07) is 18.7. The molecule has 0 fully saturated rings. The highest BCUT2D eigenvalue weighted by Gasteiger charge is 2.18. The number of hydrogen-bond donors (Lipinski definition) is 1. The van der Waals surface area contributed by atoms with Gasteiger partial charge in [0, 0.05) is 23.4 Å². The van der Waals surface area contributed by atoms with Gasteiger partial charge in [0.25, 0.3) is 0 Å². The summed E-state index contributed by atoms with van der Waals surface area (Å²) in [7, 11) is 0. The summed E-state index contributed by atoms with van der Waals surface area (Å²) in [5.74, 6) is -0.862. The number of rotatable bonds is 7. The molecule has 0 unspecified atom stereocenters. The highest BCUT2D eigenvalue weighted by Crippen LogP contribution is 2.31. The number of carboxylic acid groups (broad SMARTS) is 1. The number of benzene rings is 2. The standard InChI is InChI=1S/C23H21NO3/c1-16-14-19(12-13-24-16)22(21-5-3-2-4-20(21)15-25)11-8-17-6-9-18(10-7-17)23(26)27/h2-7,9-10,12-15,22H,8,11H2,1H3,(H,26,27)/t22-/m1/s1. The third kappa shape index (κ3) is 4.47. The second-order valence-corrected chi connectivity index (χ2v) is 6.57. The smallest absolute Gasteiger partial charge is 0.335 e. The van der Waals surface area contributed by atoms with Crippen molar-refractivity contribution in [2.75, 3.05) is 0 Å².